The minimum absolute atomic E-state index is 0.446. The van der Waals surface area contributed by atoms with Crippen molar-refractivity contribution in [3.8, 4) is 0 Å². The van der Waals surface area contributed by atoms with E-state index in [4.69, 9.17) is 22.2 Å². The SMILES string of the molecule is CON1CCC(O)NC1=S. The van der Waals surface area contributed by atoms with Crippen LogP contribution in [0.2, 0.25) is 0 Å². The van der Waals surface area contributed by atoms with Crippen molar-refractivity contribution in [2.45, 2.75) is 12.6 Å². The molecule has 0 spiro atoms. The van der Waals surface area contributed by atoms with Gasteiger partial charge < -0.3 is 10.4 Å². The highest BCUT2D eigenvalue weighted by Gasteiger charge is 2.19. The largest absolute Gasteiger partial charge is 0.374 e. The fraction of sp³-hybridized carbons (Fsp3) is 0.800. The number of nitrogens with one attached hydrogen (secondary N) is 1. The van der Waals surface area contributed by atoms with E-state index < -0.39 is 6.23 Å². The summed E-state index contributed by atoms with van der Waals surface area (Å²) in [6.07, 6.45) is 0.118. The summed E-state index contributed by atoms with van der Waals surface area (Å²) in [6, 6.07) is 0. The summed E-state index contributed by atoms with van der Waals surface area (Å²) in [5.74, 6) is 0. The number of aliphatic hydroxyl groups excluding tert-OH is 1. The third-order valence-corrected chi connectivity index (χ3v) is 1.66. The van der Waals surface area contributed by atoms with Crippen molar-refractivity contribution in [2.75, 3.05) is 13.7 Å². The van der Waals surface area contributed by atoms with Gasteiger partial charge in [-0.25, -0.2) is 5.06 Å². The van der Waals surface area contributed by atoms with E-state index in [1.165, 1.54) is 5.06 Å². The molecule has 1 fully saturated rings. The fourth-order valence-corrected chi connectivity index (χ4v) is 1.10. The Bertz CT molecular complexity index is 142. The second-order valence-corrected chi connectivity index (χ2v) is 2.43. The van der Waals surface area contributed by atoms with E-state index in [1.54, 1.807) is 7.11 Å². The Morgan fingerprint density at radius 1 is 1.90 bits per heavy atom. The normalized spacial score (nSPS) is 26.4. The minimum Gasteiger partial charge on any atom is -0.374 e. The molecule has 1 aliphatic rings. The maximum absolute atomic E-state index is 9.01. The average molecular weight is 162 g/mol. The van der Waals surface area contributed by atoms with Gasteiger partial charge in [0.2, 0.25) is 0 Å². The fourth-order valence-electron chi connectivity index (χ4n) is 0.802. The Hall–Kier alpha value is -0.390. The van der Waals surface area contributed by atoms with Gasteiger partial charge in [0.05, 0.1) is 13.7 Å². The van der Waals surface area contributed by atoms with Gasteiger partial charge in [-0.15, -0.1) is 0 Å². The van der Waals surface area contributed by atoms with Gasteiger partial charge >= 0.3 is 0 Å². The highest BCUT2D eigenvalue weighted by molar-refractivity contribution is 7.80. The number of hydrogen-bond donors (Lipinski definition) is 2. The second-order valence-electron chi connectivity index (χ2n) is 2.04. The first kappa shape index (κ1) is 7.71. The van der Waals surface area contributed by atoms with Crippen LogP contribution in [-0.4, -0.2) is 35.2 Å². The molecule has 1 atom stereocenters. The van der Waals surface area contributed by atoms with Crippen LogP contribution in [-0.2, 0) is 4.84 Å². The van der Waals surface area contributed by atoms with Gasteiger partial charge in [0.15, 0.2) is 5.11 Å². The topological polar surface area (TPSA) is 44.7 Å². The van der Waals surface area contributed by atoms with Crippen LogP contribution in [0.3, 0.4) is 0 Å². The molecule has 1 rings (SSSR count). The molecule has 1 heterocycles. The molecule has 4 nitrogen and oxygen atoms in total. The van der Waals surface area contributed by atoms with Crippen molar-refractivity contribution < 1.29 is 9.94 Å². The number of thiocarbonyl (C=S) groups is 1. The van der Waals surface area contributed by atoms with Crippen LogP contribution in [0.4, 0.5) is 0 Å². The number of nitrogens with zero attached hydrogens (tertiary/aromatic N) is 1. The van der Waals surface area contributed by atoms with Gasteiger partial charge in [-0.1, -0.05) is 0 Å². The third-order valence-electron chi connectivity index (χ3n) is 1.34. The van der Waals surface area contributed by atoms with Crippen LogP contribution in [0.25, 0.3) is 0 Å². The van der Waals surface area contributed by atoms with E-state index >= 15 is 0 Å². The first-order valence-electron chi connectivity index (χ1n) is 3.04. The van der Waals surface area contributed by atoms with Gasteiger partial charge in [-0.05, 0) is 12.2 Å². The summed E-state index contributed by atoms with van der Waals surface area (Å²) in [5, 5.41) is 13.7. The second kappa shape index (κ2) is 3.14. The molecule has 0 aliphatic carbocycles. The number of rotatable bonds is 1. The van der Waals surface area contributed by atoms with E-state index in [1.807, 2.05) is 0 Å². The van der Waals surface area contributed by atoms with Crippen LogP contribution >= 0.6 is 12.2 Å². The Balaban J connectivity index is 2.43. The Kier molecular flexibility index (Phi) is 2.42. The smallest absolute Gasteiger partial charge is 0.195 e. The van der Waals surface area contributed by atoms with Gasteiger partial charge in [0.1, 0.15) is 6.23 Å². The molecule has 0 saturated carbocycles. The maximum atomic E-state index is 9.01. The number of aliphatic hydroxyl groups is 1. The molecule has 5 heteroatoms. The molecule has 0 aromatic rings. The van der Waals surface area contributed by atoms with Crippen molar-refractivity contribution >= 4 is 17.3 Å². The van der Waals surface area contributed by atoms with Gasteiger partial charge in [0.25, 0.3) is 0 Å². The van der Waals surface area contributed by atoms with E-state index in [0.717, 1.165) is 0 Å². The van der Waals surface area contributed by atoms with E-state index in [-0.39, 0.29) is 0 Å². The lowest BCUT2D eigenvalue weighted by Gasteiger charge is -2.30. The van der Waals surface area contributed by atoms with Gasteiger partial charge in [0, 0.05) is 6.42 Å². The molecule has 0 amide bonds. The maximum Gasteiger partial charge on any atom is 0.195 e. The lowest BCUT2D eigenvalue weighted by atomic mass is 10.3. The first-order valence-corrected chi connectivity index (χ1v) is 3.45. The van der Waals surface area contributed by atoms with E-state index in [2.05, 4.69) is 5.32 Å². The van der Waals surface area contributed by atoms with Crippen molar-refractivity contribution in [3.63, 3.8) is 0 Å². The summed E-state index contributed by atoms with van der Waals surface area (Å²) >= 11 is 4.83. The summed E-state index contributed by atoms with van der Waals surface area (Å²) in [7, 11) is 1.55. The summed E-state index contributed by atoms with van der Waals surface area (Å²) in [5.41, 5.74) is 0. The Labute approximate surface area is 64.7 Å². The molecule has 0 aromatic carbocycles. The highest BCUT2D eigenvalue weighted by atomic mass is 32.1. The van der Waals surface area contributed by atoms with Crippen LogP contribution in [0.1, 0.15) is 6.42 Å². The van der Waals surface area contributed by atoms with Crippen molar-refractivity contribution in [2.24, 2.45) is 0 Å². The molecule has 1 aliphatic heterocycles. The van der Waals surface area contributed by atoms with E-state index in [0.29, 0.717) is 18.1 Å². The van der Waals surface area contributed by atoms with Crippen molar-refractivity contribution in [1.82, 2.24) is 10.4 Å². The molecular formula is C5H10N2O2S. The minimum atomic E-state index is -0.515. The monoisotopic (exact) mass is 162 g/mol. The Morgan fingerprint density at radius 3 is 3.10 bits per heavy atom. The zero-order valence-electron chi connectivity index (χ0n) is 5.70. The predicted molar refractivity (Wildman–Crippen MR) is 40.1 cm³/mol. The standard InChI is InChI=1S/C5H10N2O2S/c1-9-7-3-2-4(8)6-5(7)10/h4,8H,2-3H2,1H3,(H,6,10). The highest BCUT2D eigenvalue weighted by Crippen LogP contribution is 2.02. The molecule has 0 aromatic heterocycles. The average Bonchev–Trinajstić information content (AvgIpc) is 1.88. The molecule has 1 unspecified atom stereocenters. The Morgan fingerprint density at radius 2 is 2.60 bits per heavy atom. The first-order chi connectivity index (χ1) is 4.74. The lowest BCUT2D eigenvalue weighted by molar-refractivity contribution is -0.0865. The summed E-state index contributed by atoms with van der Waals surface area (Å²) < 4.78 is 0. The molecule has 2 N–H and O–H groups in total. The zero-order chi connectivity index (χ0) is 7.56. The van der Waals surface area contributed by atoms with Crippen LogP contribution < -0.4 is 5.32 Å². The molecular weight excluding hydrogens is 152 g/mol. The summed E-state index contributed by atoms with van der Waals surface area (Å²) in [4.78, 5) is 4.87. The van der Waals surface area contributed by atoms with E-state index in [9.17, 15) is 0 Å². The molecule has 0 bridgehead atoms. The van der Waals surface area contributed by atoms with Crippen LogP contribution in [0, 0.1) is 0 Å². The van der Waals surface area contributed by atoms with Gasteiger partial charge in [-0.2, -0.15) is 0 Å². The number of hydroxylamine groups is 2. The molecule has 58 valence electrons. The molecule has 1 saturated heterocycles. The van der Waals surface area contributed by atoms with Crippen molar-refractivity contribution in [3.05, 3.63) is 0 Å². The lowest BCUT2D eigenvalue weighted by Crippen LogP contribution is -2.50. The third kappa shape index (κ3) is 1.56. The predicted octanol–water partition coefficient (Wildman–Crippen LogP) is -0.554. The van der Waals surface area contributed by atoms with Gasteiger partial charge in [-0.3, -0.25) is 4.84 Å². The quantitative estimate of drug-likeness (QED) is 0.506. The zero-order valence-corrected chi connectivity index (χ0v) is 6.52. The van der Waals surface area contributed by atoms with Crippen LogP contribution in [0.15, 0.2) is 0 Å². The van der Waals surface area contributed by atoms with Crippen molar-refractivity contribution in [1.29, 1.82) is 0 Å². The molecule has 10 heavy (non-hydrogen) atoms. The van der Waals surface area contributed by atoms with Crippen LogP contribution in [0.5, 0.6) is 0 Å². The summed E-state index contributed by atoms with van der Waals surface area (Å²) in [6.45, 7) is 0.642. The molecule has 0 radical (unpaired) electrons. The number of hydrogen-bond acceptors (Lipinski definition) is 3.